The summed E-state index contributed by atoms with van der Waals surface area (Å²) in [5, 5.41) is 0. The number of nitrogens with two attached hydrogens (primary N) is 1. The molecule has 2 aliphatic carbocycles. The Hall–Kier alpha value is -0.120. The van der Waals surface area contributed by atoms with Gasteiger partial charge in [0.1, 0.15) is 0 Å². The van der Waals surface area contributed by atoms with Gasteiger partial charge in [0.05, 0.1) is 6.61 Å². The summed E-state index contributed by atoms with van der Waals surface area (Å²) in [6.45, 7) is 8.83. The highest BCUT2D eigenvalue weighted by molar-refractivity contribution is 4.99. The van der Waals surface area contributed by atoms with E-state index in [1.807, 2.05) is 0 Å². The topological polar surface area (TPSA) is 38.5 Å². The fraction of sp³-hybridized carbons (Fsp3) is 1.00. The maximum atomic E-state index is 6.41. The summed E-state index contributed by atoms with van der Waals surface area (Å²) in [6, 6.07) is 0.459. The van der Waals surface area contributed by atoms with Crippen molar-refractivity contribution in [3.05, 3.63) is 0 Å². The maximum absolute atomic E-state index is 6.41. The fourth-order valence-electron chi connectivity index (χ4n) is 4.02. The summed E-state index contributed by atoms with van der Waals surface area (Å²) < 4.78 is 5.23. The van der Waals surface area contributed by atoms with Gasteiger partial charge in [-0.15, -0.1) is 0 Å². The number of hydrogen-bond acceptors (Lipinski definition) is 3. The molecule has 2 rings (SSSR count). The molecule has 0 aromatic heterocycles. The molecule has 4 unspecified atom stereocenters. The lowest BCUT2D eigenvalue weighted by Crippen LogP contribution is -2.44. The zero-order chi connectivity index (χ0) is 13.1. The van der Waals surface area contributed by atoms with Gasteiger partial charge in [0.2, 0.25) is 0 Å². The van der Waals surface area contributed by atoms with E-state index in [0.717, 1.165) is 36.8 Å². The Morgan fingerprint density at radius 2 is 2.00 bits per heavy atom. The second-order valence-corrected chi connectivity index (χ2v) is 6.72. The molecule has 18 heavy (non-hydrogen) atoms. The molecule has 2 bridgehead atoms. The Morgan fingerprint density at radius 1 is 1.28 bits per heavy atom. The average molecular weight is 254 g/mol. The molecule has 0 spiro atoms. The number of methoxy groups -OCH3 is 1. The zero-order valence-corrected chi connectivity index (χ0v) is 12.3. The molecule has 2 N–H and O–H groups in total. The number of hydrogen-bond donors (Lipinski definition) is 1. The summed E-state index contributed by atoms with van der Waals surface area (Å²) in [6.07, 6.45) is 4.19. The van der Waals surface area contributed by atoms with Crippen LogP contribution >= 0.6 is 0 Å². The second kappa shape index (κ2) is 6.36. The van der Waals surface area contributed by atoms with Crippen LogP contribution in [0.5, 0.6) is 0 Å². The highest BCUT2D eigenvalue weighted by atomic mass is 16.5. The van der Waals surface area contributed by atoms with E-state index in [9.17, 15) is 0 Å². The molecular weight excluding hydrogens is 224 g/mol. The van der Waals surface area contributed by atoms with Crippen molar-refractivity contribution in [2.24, 2.45) is 29.4 Å². The van der Waals surface area contributed by atoms with Gasteiger partial charge in [-0.3, -0.25) is 0 Å². The van der Waals surface area contributed by atoms with E-state index in [4.69, 9.17) is 10.5 Å². The van der Waals surface area contributed by atoms with Crippen LogP contribution in [0.3, 0.4) is 0 Å². The Morgan fingerprint density at radius 3 is 2.56 bits per heavy atom. The van der Waals surface area contributed by atoms with Crippen LogP contribution in [0, 0.1) is 23.7 Å². The molecule has 0 heterocycles. The SMILES string of the molecule is COCCN(CC(C)C)CC1C2CCC(C2)C1N. The Kier molecular flexibility index (Phi) is 5.05. The van der Waals surface area contributed by atoms with E-state index in [1.54, 1.807) is 7.11 Å². The van der Waals surface area contributed by atoms with E-state index >= 15 is 0 Å². The maximum Gasteiger partial charge on any atom is 0.0589 e. The van der Waals surface area contributed by atoms with Crippen LogP contribution < -0.4 is 5.73 Å². The van der Waals surface area contributed by atoms with Gasteiger partial charge in [-0.1, -0.05) is 13.8 Å². The van der Waals surface area contributed by atoms with Crippen molar-refractivity contribution in [3.63, 3.8) is 0 Å². The number of nitrogens with zero attached hydrogens (tertiary/aromatic N) is 1. The summed E-state index contributed by atoms with van der Waals surface area (Å²) in [5.41, 5.74) is 6.41. The minimum atomic E-state index is 0.459. The molecule has 4 atom stereocenters. The van der Waals surface area contributed by atoms with Crippen LogP contribution in [0.2, 0.25) is 0 Å². The van der Waals surface area contributed by atoms with E-state index in [0.29, 0.717) is 6.04 Å². The standard InChI is InChI=1S/C15H30N2O/c1-11(2)9-17(6-7-18-3)10-14-12-4-5-13(8-12)15(14)16/h11-15H,4-10,16H2,1-3H3. The van der Waals surface area contributed by atoms with Crippen molar-refractivity contribution in [2.75, 3.05) is 33.4 Å². The Balaban J connectivity index is 1.87. The van der Waals surface area contributed by atoms with Gasteiger partial charge in [0, 0.05) is 32.8 Å². The molecule has 0 saturated heterocycles. The molecule has 0 aromatic rings. The van der Waals surface area contributed by atoms with E-state index < -0.39 is 0 Å². The normalized spacial score (nSPS) is 35.0. The second-order valence-electron chi connectivity index (χ2n) is 6.72. The summed E-state index contributed by atoms with van der Waals surface area (Å²) >= 11 is 0. The molecule has 2 fully saturated rings. The first-order valence-corrected chi connectivity index (χ1v) is 7.58. The molecule has 0 radical (unpaired) electrons. The quantitative estimate of drug-likeness (QED) is 0.755. The van der Waals surface area contributed by atoms with Crippen LogP contribution in [0.15, 0.2) is 0 Å². The monoisotopic (exact) mass is 254 g/mol. The van der Waals surface area contributed by atoms with Crippen LogP contribution in [0.1, 0.15) is 33.1 Å². The van der Waals surface area contributed by atoms with E-state index in [2.05, 4.69) is 18.7 Å². The molecular formula is C15H30N2O. The minimum absolute atomic E-state index is 0.459. The fourth-order valence-corrected chi connectivity index (χ4v) is 4.02. The Labute approximate surface area is 112 Å². The first-order chi connectivity index (χ1) is 8.61. The smallest absolute Gasteiger partial charge is 0.0589 e. The molecule has 0 aromatic carbocycles. The minimum Gasteiger partial charge on any atom is -0.383 e. The van der Waals surface area contributed by atoms with Crippen molar-refractivity contribution < 1.29 is 4.74 Å². The molecule has 106 valence electrons. The van der Waals surface area contributed by atoms with Gasteiger partial charge < -0.3 is 15.4 Å². The van der Waals surface area contributed by atoms with Gasteiger partial charge in [-0.2, -0.15) is 0 Å². The van der Waals surface area contributed by atoms with Gasteiger partial charge in [0.15, 0.2) is 0 Å². The highest BCUT2D eigenvalue weighted by Gasteiger charge is 2.45. The van der Waals surface area contributed by atoms with Crippen molar-refractivity contribution in [1.82, 2.24) is 4.90 Å². The number of fused-ring (bicyclic) bond motifs is 2. The number of rotatable bonds is 7. The third-order valence-corrected chi connectivity index (χ3v) is 4.86. The van der Waals surface area contributed by atoms with Crippen LogP contribution in [-0.2, 0) is 4.74 Å². The van der Waals surface area contributed by atoms with Gasteiger partial charge in [-0.25, -0.2) is 0 Å². The lowest BCUT2D eigenvalue weighted by Gasteiger charge is -2.34. The molecule has 2 saturated carbocycles. The molecule has 0 amide bonds. The van der Waals surface area contributed by atoms with Crippen molar-refractivity contribution >= 4 is 0 Å². The molecule has 3 nitrogen and oxygen atoms in total. The van der Waals surface area contributed by atoms with E-state index in [-0.39, 0.29) is 0 Å². The summed E-state index contributed by atoms with van der Waals surface area (Å²) in [4.78, 5) is 2.57. The first-order valence-electron chi connectivity index (χ1n) is 7.58. The molecule has 0 aliphatic heterocycles. The molecule has 2 aliphatic rings. The van der Waals surface area contributed by atoms with Gasteiger partial charge >= 0.3 is 0 Å². The lowest BCUT2D eigenvalue weighted by atomic mass is 9.84. The number of ether oxygens (including phenoxy) is 1. The van der Waals surface area contributed by atoms with Gasteiger partial charge in [0.25, 0.3) is 0 Å². The highest BCUT2D eigenvalue weighted by Crippen LogP contribution is 2.47. The third kappa shape index (κ3) is 3.25. The van der Waals surface area contributed by atoms with Crippen molar-refractivity contribution in [2.45, 2.75) is 39.2 Å². The third-order valence-electron chi connectivity index (χ3n) is 4.86. The summed E-state index contributed by atoms with van der Waals surface area (Å²) in [7, 11) is 1.79. The largest absolute Gasteiger partial charge is 0.383 e. The van der Waals surface area contributed by atoms with Gasteiger partial charge in [-0.05, 0) is 42.9 Å². The predicted molar refractivity (Wildman–Crippen MR) is 75.5 cm³/mol. The lowest BCUT2D eigenvalue weighted by molar-refractivity contribution is 0.112. The Bertz CT molecular complexity index is 255. The predicted octanol–water partition coefficient (Wildman–Crippen LogP) is 1.96. The van der Waals surface area contributed by atoms with Crippen molar-refractivity contribution in [3.8, 4) is 0 Å². The van der Waals surface area contributed by atoms with Crippen LogP contribution in [0.4, 0.5) is 0 Å². The van der Waals surface area contributed by atoms with Crippen LogP contribution in [-0.4, -0.2) is 44.3 Å². The van der Waals surface area contributed by atoms with Crippen molar-refractivity contribution in [1.29, 1.82) is 0 Å². The van der Waals surface area contributed by atoms with Crippen LogP contribution in [0.25, 0.3) is 0 Å². The molecule has 3 heteroatoms. The first kappa shape index (κ1) is 14.3. The summed E-state index contributed by atoms with van der Waals surface area (Å²) in [5.74, 6) is 3.18. The van der Waals surface area contributed by atoms with E-state index in [1.165, 1.54) is 32.4 Å². The average Bonchev–Trinajstić information content (AvgIpc) is 2.89. The zero-order valence-electron chi connectivity index (χ0n) is 12.3.